The Balaban J connectivity index is 3.22. The van der Waals surface area contributed by atoms with Crippen molar-refractivity contribution in [1.29, 1.82) is 0 Å². The van der Waals surface area contributed by atoms with Crippen molar-refractivity contribution in [3.63, 3.8) is 0 Å². The van der Waals surface area contributed by atoms with Crippen LogP contribution in [0.2, 0.25) is 0 Å². The zero-order valence-corrected chi connectivity index (χ0v) is 3.52. The fourth-order valence-electron chi connectivity index (χ4n) is 0.0680. The van der Waals surface area contributed by atoms with Crippen molar-refractivity contribution >= 4 is 7.85 Å². The summed E-state index contributed by atoms with van der Waals surface area (Å²) in [5, 5.41) is 0. The van der Waals surface area contributed by atoms with Crippen LogP contribution in [0.15, 0.2) is 11.7 Å². The summed E-state index contributed by atoms with van der Waals surface area (Å²) >= 11 is 0. The van der Waals surface area contributed by atoms with Gasteiger partial charge in [-0.05, 0) is 6.20 Å². The average Bonchev–Trinajstić information content (AvgIpc) is 1.65. The molecule has 0 fully saturated rings. The normalized spacial score (nSPS) is 11.8. The van der Waals surface area contributed by atoms with Crippen molar-refractivity contribution in [3.8, 4) is 0 Å². The number of rotatable bonds is 1. The van der Waals surface area contributed by atoms with Crippen LogP contribution in [-0.4, -0.2) is 14.4 Å². The van der Waals surface area contributed by atoms with E-state index in [4.69, 9.17) is 19.3 Å². The molecule has 0 aromatic rings. The first-order valence-electron chi connectivity index (χ1n) is 1.67. The summed E-state index contributed by atoms with van der Waals surface area (Å²) in [5.41, 5.74) is 10.4. The zero-order valence-electron chi connectivity index (χ0n) is 3.52. The van der Waals surface area contributed by atoms with Gasteiger partial charge >= 0.3 is 0 Å². The predicted molar refractivity (Wildman–Crippen MR) is 27.1 cm³/mol. The van der Waals surface area contributed by atoms with Crippen LogP contribution in [0.1, 0.15) is 0 Å². The van der Waals surface area contributed by atoms with Gasteiger partial charge in [0.2, 0.25) is 0 Å². The van der Waals surface area contributed by atoms with Crippen LogP contribution in [0.25, 0.3) is 0 Å². The van der Waals surface area contributed by atoms with Gasteiger partial charge in [-0.15, -0.1) is 0 Å². The Morgan fingerprint density at radius 1 is 1.83 bits per heavy atom. The van der Waals surface area contributed by atoms with Crippen LogP contribution in [0.3, 0.4) is 0 Å². The third kappa shape index (κ3) is 1.85. The fourth-order valence-corrected chi connectivity index (χ4v) is 0.0680. The van der Waals surface area contributed by atoms with Crippen molar-refractivity contribution in [2.24, 2.45) is 11.5 Å². The molecule has 2 radical (unpaired) electrons. The van der Waals surface area contributed by atoms with Gasteiger partial charge in [0.05, 0.1) is 0 Å². The second-order valence-corrected chi connectivity index (χ2v) is 0.946. The summed E-state index contributed by atoms with van der Waals surface area (Å²) < 4.78 is 0. The highest BCUT2D eigenvalue weighted by atomic mass is 14.5. The molecule has 4 N–H and O–H groups in total. The first kappa shape index (κ1) is 5.56. The summed E-state index contributed by atoms with van der Waals surface area (Å²) in [7, 11) is 5.08. The number of hydrogen-bond acceptors (Lipinski definition) is 2. The lowest BCUT2D eigenvalue weighted by molar-refractivity contribution is 1.21. The molecule has 0 bridgehead atoms. The predicted octanol–water partition coefficient (Wildman–Crippen LogP) is -1.09. The van der Waals surface area contributed by atoms with Gasteiger partial charge in [-0.2, -0.15) is 0 Å². The molecule has 0 aromatic carbocycles. The van der Waals surface area contributed by atoms with Gasteiger partial charge in [0.25, 0.3) is 0 Å². The number of hydrogen-bond donors (Lipinski definition) is 2. The molecule has 0 heterocycles. The molecule has 0 spiro atoms. The van der Waals surface area contributed by atoms with Crippen molar-refractivity contribution in [3.05, 3.63) is 11.7 Å². The van der Waals surface area contributed by atoms with E-state index in [1.54, 1.807) is 0 Å². The van der Waals surface area contributed by atoms with Crippen molar-refractivity contribution < 1.29 is 0 Å². The highest BCUT2D eigenvalue weighted by Crippen LogP contribution is 1.71. The minimum absolute atomic E-state index is 0.344. The van der Waals surface area contributed by atoms with Gasteiger partial charge in [-0.3, -0.25) is 0 Å². The molecule has 6 heavy (non-hydrogen) atoms. The minimum atomic E-state index is 0.344. The molecule has 0 aliphatic rings. The molecule has 0 aliphatic heterocycles. The molecule has 0 saturated carbocycles. The van der Waals surface area contributed by atoms with E-state index in [1.165, 1.54) is 6.20 Å². The first-order chi connectivity index (χ1) is 2.81. The molecule has 2 nitrogen and oxygen atoms in total. The van der Waals surface area contributed by atoms with Gasteiger partial charge in [0.15, 0.2) is 0 Å². The van der Waals surface area contributed by atoms with E-state index in [9.17, 15) is 0 Å². The quantitative estimate of drug-likeness (QED) is 0.395. The lowest BCUT2D eigenvalue weighted by atomic mass is 9.98. The molecular formula is C3H7BN2. The summed E-state index contributed by atoms with van der Waals surface area (Å²) in [6.07, 6.45) is 1.29. The lowest BCUT2D eigenvalue weighted by Crippen LogP contribution is -2.04. The number of nitrogens with two attached hydrogens (primary N) is 2. The molecule has 0 aliphatic carbocycles. The third-order valence-electron chi connectivity index (χ3n) is 0.450. The molecule has 0 aromatic heterocycles. The monoisotopic (exact) mass is 82.1 g/mol. The van der Waals surface area contributed by atoms with Crippen LogP contribution in [0.4, 0.5) is 0 Å². The van der Waals surface area contributed by atoms with Crippen LogP contribution in [-0.2, 0) is 0 Å². The van der Waals surface area contributed by atoms with E-state index < -0.39 is 0 Å². The Labute approximate surface area is 38.6 Å². The largest absolute Gasteiger partial charge is 0.405 e. The van der Waals surface area contributed by atoms with Crippen molar-refractivity contribution in [2.75, 3.05) is 6.54 Å². The van der Waals surface area contributed by atoms with E-state index in [-0.39, 0.29) is 0 Å². The summed E-state index contributed by atoms with van der Waals surface area (Å²) in [4.78, 5) is 0. The van der Waals surface area contributed by atoms with E-state index >= 15 is 0 Å². The van der Waals surface area contributed by atoms with E-state index in [0.29, 0.717) is 12.0 Å². The van der Waals surface area contributed by atoms with E-state index in [2.05, 4.69) is 0 Å². The van der Waals surface area contributed by atoms with Gasteiger partial charge in [0, 0.05) is 6.54 Å². The second kappa shape index (κ2) is 2.78. The molecule has 0 atom stereocenters. The summed E-state index contributed by atoms with van der Waals surface area (Å²) in [5.74, 6) is 0. The highest BCUT2D eigenvalue weighted by molar-refractivity contribution is 6.21. The van der Waals surface area contributed by atoms with Gasteiger partial charge < -0.3 is 11.5 Å². The van der Waals surface area contributed by atoms with Gasteiger partial charge in [0.1, 0.15) is 7.85 Å². The van der Waals surface area contributed by atoms with Gasteiger partial charge in [-0.1, -0.05) is 5.47 Å². The molecular weight excluding hydrogens is 74.9 g/mol. The highest BCUT2D eigenvalue weighted by Gasteiger charge is 1.73. The fraction of sp³-hybridized carbons (Fsp3) is 0.333. The van der Waals surface area contributed by atoms with Gasteiger partial charge in [-0.25, -0.2) is 0 Å². The average molecular weight is 81.9 g/mol. The maximum Gasteiger partial charge on any atom is 0.111 e. The summed E-state index contributed by atoms with van der Waals surface area (Å²) in [6.45, 7) is 0.344. The Kier molecular flexibility index (Phi) is 2.58. The maximum absolute atomic E-state index is 5.08. The standard InChI is InChI=1S/C3H7BN2/c4-3(1-5)2-6/h1H,2,5-6H2/b3-1+. The molecule has 0 rings (SSSR count). The molecule has 0 amide bonds. The van der Waals surface area contributed by atoms with Crippen LogP contribution in [0.5, 0.6) is 0 Å². The summed E-state index contributed by atoms with van der Waals surface area (Å²) in [6, 6.07) is 0. The lowest BCUT2D eigenvalue weighted by Gasteiger charge is -1.86. The van der Waals surface area contributed by atoms with Crippen LogP contribution in [0, 0.1) is 0 Å². The molecule has 3 heteroatoms. The first-order valence-corrected chi connectivity index (χ1v) is 1.67. The third-order valence-corrected chi connectivity index (χ3v) is 0.450. The Morgan fingerprint density at radius 2 is 2.33 bits per heavy atom. The smallest absolute Gasteiger partial charge is 0.111 e. The van der Waals surface area contributed by atoms with E-state index in [1.807, 2.05) is 0 Å². The minimum Gasteiger partial charge on any atom is -0.405 e. The van der Waals surface area contributed by atoms with Crippen molar-refractivity contribution in [1.82, 2.24) is 0 Å². The SMILES string of the molecule is [B]/C(=C/N)CN. The zero-order chi connectivity index (χ0) is 4.99. The molecule has 0 saturated heterocycles. The Bertz CT molecular complexity index is 59.8. The second-order valence-electron chi connectivity index (χ2n) is 0.946. The topological polar surface area (TPSA) is 52.0 Å². The van der Waals surface area contributed by atoms with Crippen LogP contribution < -0.4 is 11.5 Å². The van der Waals surface area contributed by atoms with Crippen LogP contribution >= 0.6 is 0 Å². The Hall–Kier alpha value is -0.435. The van der Waals surface area contributed by atoms with Crippen molar-refractivity contribution in [2.45, 2.75) is 0 Å². The Morgan fingerprint density at radius 3 is 2.33 bits per heavy atom. The van der Waals surface area contributed by atoms with E-state index in [0.717, 1.165) is 0 Å². The maximum atomic E-state index is 5.08. The molecule has 32 valence electrons. The molecule has 0 unspecified atom stereocenters.